The summed E-state index contributed by atoms with van der Waals surface area (Å²) in [5, 5.41) is 11.0. The van der Waals surface area contributed by atoms with Gasteiger partial charge in [0.15, 0.2) is 0 Å². The Hall–Kier alpha value is -1.58. The second-order valence-electron chi connectivity index (χ2n) is 4.56. The largest absolute Gasteiger partial charge is 0.465 e. The van der Waals surface area contributed by atoms with E-state index >= 15 is 0 Å². The van der Waals surface area contributed by atoms with E-state index in [1.165, 1.54) is 18.4 Å². The molecule has 1 aromatic carbocycles. The van der Waals surface area contributed by atoms with Gasteiger partial charge >= 0.3 is 16.3 Å². The van der Waals surface area contributed by atoms with Gasteiger partial charge in [-0.05, 0) is 39.2 Å². The summed E-state index contributed by atoms with van der Waals surface area (Å²) in [6.07, 6.45) is 0.410. The number of amides is 1. The van der Waals surface area contributed by atoms with Crippen molar-refractivity contribution in [2.75, 3.05) is 26.0 Å². The topological polar surface area (TPSA) is 90.0 Å². The van der Waals surface area contributed by atoms with E-state index in [2.05, 4.69) is 21.2 Å². The smallest absolute Gasteiger partial charge is 0.409 e. The van der Waals surface area contributed by atoms with Crippen LogP contribution in [0.25, 0.3) is 5.57 Å². The number of anilines is 1. The van der Waals surface area contributed by atoms with Crippen LogP contribution < -0.4 is 5.32 Å². The maximum atomic E-state index is 11.9. The lowest BCUT2D eigenvalue weighted by Crippen LogP contribution is -2.41. The van der Waals surface area contributed by atoms with E-state index in [1.807, 2.05) is 0 Å². The molecule has 1 amide bonds. The number of rotatable bonds is 2. The summed E-state index contributed by atoms with van der Waals surface area (Å²) in [4.78, 5) is 10.6. The normalized spacial score (nSPS) is 18.2. The van der Waals surface area contributed by atoms with Crippen molar-refractivity contribution in [3.05, 3.63) is 34.4 Å². The molecule has 1 aromatic rings. The molecule has 0 bridgehead atoms. The van der Waals surface area contributed by atoms with Crippen LogP contribution in [0.5, 0.6) is 0 Å². The van der Waals surface area contributed by atoms with Gasteiger partial charge in [-0.25, -0.2) is 4.79 Å². The van der Waals surface area contributed by atoms with Crippen molar-refractivity contribution < 1.29 is 18.3 Å². The summed E-state index contributed by atoms with van der Waals surface area (Å²) < 4.78 is 26.7. The van der Waals surface area contributed by atoms with Gasteiger partial charge in [0.2, 0.25) is 0 Å². The minimum Gasteiger partial charge on any atom is -0.465 e. The maximum Gasteiger partial charge on any atom is 0.409 e. The van der Waals surface area contributed by atoms with Crippen LogP contribution in [0.4, 0.5) is 10.5 Å². The summed E-state index contributed by atoms with van der Waals surface area (Å²) in [6.45, 7) is 0.255. The standard InChI is InChI=1S/C12H14BrN3O4S/c1-15-6-9(7-16(2)21(15,19)20)8-3-4-11(10(13)5-8)14-12(17)18/h3-6,14H,7H2,1-2H3,(H,17,18). The first-order valence-corrected chi connectivity index (χ1v) is 8.10. The van der Waals surface area contributed by atoms with Crippen molar-refractivity contribution in [2.24, 2.45) is 0 Å². The average molecular weight is 376 g/mol. The number of nitrogens with zero attached hydrogens (tertiary/aromatic N) is 2. The zero-order chi connectivity index (χ0) is 15.8. The van der Waals surface area contributed by atoms with Crippen LogP contribution >= 0.6 is 15.9 Å². The molecule has 1 aliphatic rings. The van der Waals surface area contributed by atoms with E-state index in [4.69, 9.17) is 5.11 Å². The Morgan fingerprint density at radius 2 is 2.05 bits per heavy atom. The summed E-state index contributed by atoms with van der Waals surface area (Å²) in [5.74, 6) is 0. The van der Waals surface area contributed by atoms with Gasteiger partial charge in [-0.1, -0.05) is 6.07 Å². The molecule has 114 valence electrons. The van der Waals surface area contributed by atoms with Crippen LogP contribution in [-0.4, -0.2) is 48.9 Å². The molecule has 0 aromatic heterocycles. The first-order chi connectivity index (χ1) is 9.71. The van der Waals surface area contributed by atoms with Crippen molar-refractivity contribution in [2.45, 2.75) is 0 Å². The van der Waals surface area contributed by atoms with Crippen molar-refractivity contribution in [1.82, 2.24) is 8.61 Å². The molecule has 0 atom stereocenters. The molecular formula is C12H14BrN3O4S. The van der Waals surface area contributed by atoms with Gasteiger partial charge in [0, 0.05) is 31.3 Å². The third-order valence-electron chi connectivity index (χ3n) is 3.07. The lowest BCUT2D eigenvalue weighted by Gasteiger charge is -2.30. The number of carbonyl (C=O) groups is 1. The molecule has 0 fully saturated rings. The third kappa shape index (κ3) is 3.20. The van der Waals surface area contributed by atoms with Crippen LogP contribution in [0.15, 0.2) is 28.9 Å². The molecule has 2 rings (SSSR count). The van der Waals surface area contributed by atoms with Crippen LogP contribution in [0.2, 0.25) is 0 Å². The van der Waals surface area contributed by atoms with Crippen molar-refractivity contribution >= 4 is 43.5 Å². The van der Waals surface area contributed by atoms with Gasteiger partial charge in [-0.2, -0.15) is 12.7 Å². The van der Waals surface area contributed by atoms with Crippen LogP contribution in [0.3, 0.4) is 0 Å². The van der Waals surface area contributed by atoms with Gasteiger partial charge in [0.1, 0.15) is 0 Å². The molecule has 2 N–H and O–H groups in total. The Morgan fingerprint density at radius 3 is 2.57 bits per heavy atom. The Kier molecular flexibility index (Phi) is 4.26. The molecule has 0 radical (unpaired) electrons. The van der Waals surface area contributed by atoms with E-state index in [0.29, 0.717) is 10.2 Å². The highest BCUT2D eigenvalue weighted by Crippen LogP contribution is 2.29. The van der Waals surface area contributed by atoms with E-state index < -0.39 is 16.3 Å². The van der Waals surface area contributed by atoms with Gasteiger partial charge < -0.3 is 5.11 Å². The molecule has 1 aliphatic heterocycles. The Balaban J connectivity index is 2.36. The predicted octanol–water partition coefficient (Wildman–Crippen LogP) is 2.00. The van der Waals surface area contributed by atoms with Gasteiger partial charge in [-0.3, -0.25) is 9.62 Å². The predicted molar refractivity (Wildman–Crippen MR) is 83.1 cm³/mol. The number of carboxylic acid groups (broad SMARTS) is 1. The zero-order valence-electron chi connectivity index (χ0n) is 11.4. The first-order valence-electron chi connectivity index (χ1n) is 5.91. The number of halogens is 1. The number of likely N-dealkylation sites (N-methyl/N-ethyl adjacent to an activating group) is 1. The maximum absolute atomic E-state index is 11.9. The van der Waals surface area contributed by atoms with E-state index in [-0.39, 0.29) is 6.54 Å². The van der Waals surface area contributed by atoms with Crippen LogP contribution in [0.1, 0.15) is 5.56 Å². The molecule has 0 saturated carbocycles. The highest BCUT2D eigenvalue weighted by molar-refractivity contribution is 9.10. The number of benzene rings is 1. The lowest BCUT2D eigenvalue weighted by atomic mass is 10.1. The second-order valence-corrected chi connectivity index (χ2v) is 7.51. The quantitative estimate of drug-likeness (QED) is 0.826. The second kappa shape index (κ2) is 5.66. The van der Waals surface area contributed by atoms with E-state index in [0.717, 1.165) is 15.4 Å². The van der Waals surface area contributed by atoms with Crippen LogP contribution in [-0.2, 0) is 10.2 Å². The Morgan fingerprint density at radius 1 is 1.38 bits per heavy atom. The van der Waals surface area contributed by atoms with Crippen molar-refractivity contribution in [3.63, 3.8) is 0 Å². The number of hydrogen-bond acceptors (Lipinski definition) is 3. The van der Waals surface area contributed by atoms with E-state index in [9.17, 15) is 13.2 Å². The van der Waals surface area contributed by atoms with Crippen molar-refractivity contribution in [1.29, 1.82) is 0 Å². The Bertz CT molecular complexity index is 717. The molecular weight excluding hydrogens is 362 g/mol. The monoisotopic (exact) mass is 375 g/mol. The fourth-order valence-electron chi connectivity index (χ4n) is 1.97. The highest BCUT2D eigenvalue weighted by atomic mass is 79.9. The van der Waals surface area contributed by atoms with Crippen molar-refractivity contribution in [3.8, 4) is 0 Å². The molecule has 0 aliphatic carbocycles. The molecule has 9 heteroatoms. The summed E-state index contributed by atoms with van der Waals surface area (Å²) in [7, 11) is -0.446. The molecule has 1 heterocycles. The van der Waals surface area contributed by atoms with Crippen LogP contribution in [0, 0.1) is 0 Å². The fraction of sp³-hybridized carbons (Fsp3) is 0.250. The molecule has 0 saturated heterocycles. The first kappa shape index (κ1) is 15.8. The highest BCUT2D eigenvalue weighted by Gasteiger charge is 2.28. The number of nitrogens with one attached hydrogen (secondary N) is 1. The fourth-order valence-corrected chi connectivity index (χ4v) is 3.45. The summed E-state index contributed by atoms with van der Waals surface area (Å²) in [6, 6.07) is 5.11. The summed E-state index contributed by atoms with van der Waals surface area (Å²) >= 11 is 3.30. The zero-order valence-corrected chi connectivity index (χ0v) is 13.8. The minimum absolute atomic E-state index is 0.255. The van der Waals surface area contributed by atoms with Gasteiger partial charge in [0.25, 0.3) is 0 Å². The molecule has 0 unspecified atom stereocenters. The molecule has 7 nitrogen and oxygen atoms in total. The van der Waals surface area contributed by atoms with E-state index in [1.54, 1.807) is 24.4 Å². The Labute approximate surface area is 131 Å². The minimum atomic E-state index is -3.43. The SMILES string of the molecule is CN1C=C(c2ccc(NC(=O)O)c(Br)c2)CN(C)S1(=O)=O. The third-order valence-corrected chi connectivity index (χ3v) is 5.48. The lowest BCUT2D eigenvalue weighted by molar-refractivity contribution is 0.209. The van der Waals surface area contributed by atoms with Gasteiger partial charge in [0.05, 0.1) is 5.69 Å². The molecule has 21 heavy (non-hydrogen) atoms. The average Bonchev–Trinajstić information content (AvgIpc) is 2.38. The number of hydrogen-bond donors (Lipinski definition) is 2. The van der Waals surface area contributed by atoms with Gasteiger partial charge in [-0.15, -0.1) is 0 Å². The molecule has 0 spiro atoms. The summed E-state index contributed by atoms with van der Waals surface area (Å²) in [5.41, 5.74) is 2.06.